The molecule has 0 aliphatic carbocycles. The highest BCUT2D eigenvalue weighted by Crippen LogP contribution is 2.19. The lowest BCUT2D eigenvalue weighted by Crippen LogP contribution is -2.25. The van der Waals surface area contributed by atoms with Gasteiger partial charge >= 0.3 is 5.97 Å². The first-order valence-electron chi connectivity index (χ1n) is 8.88. The quantitative estimate of drug-likeness (QED) is 0.412. The van der Waals surface area contributed by atoms with Crippen molar-refractivity contribution in [2.45, 2.75) is 7.43 Å². The van der Waals surface area contributed by atoms with Crippen LogP contribution in [-0.4, -0.2) is 60.7 Å². The number of fused-ring (bicyclic) bond motifs is 2. The molecule has 0 spiro atoms. The predicted molar refractivity (Wildman–Crippen MR) is 124 cm³/mol. The Morgan fingerprint density at radius 3 is 1.79 bits per heavy atom. The summed E-state index contributed by atoms with van der Waals surface area (Å²) in [5, 5.41) is 18.1. The van der Waals surface area contributed by atoms with Gasteiger partial charge in [0.05, 0.1) is 25.0 Å². The van der Waals surface area contributed by atoms with Crippen molar-refractivity contribution in [1.29, 1.82) is 0 Å². The van der Waals surface area contributed by atoms with E-state index >= 15 is 0 Å². The van der Waals surface area contributed by atoms with Crippen LogP contribution in [0, 0.1) is 0 Å². The van der Waals surface area contributed by atoms with E-state index in [1.165, 1.54) is 14.2 Å². The summed E-state index contributed by atoms with van der Waals surface area (Å²) < 4.78 is 9.79. The number of benzene rings is 2. The molecule has 2 aromatic carbocycles. The minimum Gasteiger partial charge on any atom is -0.476 e. The van der Waals surface area contributed by atoms with E-state index in [4.69, 9.17) is 19.0 Å². The van der Waals surface area contributed by atoms with E-state index in [-0.39, 0.29) is 37.1 Å². The molecule has 1 amide bonds. The van der Waals surface area contributed by atoms with E-state index in [2.05, 4.69) is 20.6 Å². The number of rotatable bonds is 4. The molecule has 0 aliphatic heterocycles. The third kappa shape index (κ3) is 7.54. The maximum Gasteiger partial charge on any atom is 0.358 e. The lowest BCUT2D eigenvalue weighted by molar-refractivity contribution is -0.0761. The van der Waals surface area contributed by atoms with Gasteiger partial charge in [0.2, 0.25) is 0 Å². The van der Waals surface area contributed by atoms with Crippen molar-refractivity contribution in [3.8, 4) is 0 Å². The average molecular weight is 483 g/mol. The second-order valence-corrected chi connectivity index (χ2v) is 5.75. The van der Waals surface area contributed by atoms with Crippen LogP contribution in [0.5, 0.6) is 0 Å². The molecular formula is C21H27ClN4O7. The highest BCUT2D eigenvalue weighted by atomic mass is 35.5. The summed E-state index contributed by atoms with van der Waals surface area (Å²) in [6.45, 7) is 0. The largest absolute Gasteiger partial charge is 0.476 e. The molecule has 0 radical (unpaired) electrons. The maximum atomic E-state index is 11.7. The van der Waals surface area contributed by atoms with Gasteiger partial charge in [0.15, 0.2) is 22.6 Å². The summed E-state index contributed by atoms with van der Waals surface area (Å²) in [5.74, 6) is -1.40. The molecule has 11 nitrogen and oxygen atoms in total. The van der Waals surface area contributed by atoms with Crippen LogP contribution in [0.1, 0.15) is 28.4 Å². The number of carboxylic acid groups (broad SMARTS) is 1. The maximum absolute atomic E-state index is 11.7. The Hall–Kier alpha value is -3.51. The standard InChI is InChI=1S/C10H10N2O3.C8H5NO3.C2H7NO.CH4.ClH/c1-12(14-2)10(13)9-7-5-3-4-6-8(7)15-11-9;10-8(11)7-5-3-1-2-4-6(5)12-9-7;1-3-4-2;;/h3-6H,1-2H3;1-4H,(H,10,11);3H,1-2H3;1H4;1H. The van der Waals surface area contributed by atoms with E-state index in [1.807, 2.05) is 12.1 Å². The number of carbonyl (C=O) groups is 2. The van der Waals surface area contributed by atoms with Crippen molar-refractivity contribution in [3.05, 3.63) is 59.9 Å². The van der Waals surface area contributed by atoms with Gasteiger partial charge < -0.3 is 19.0 Å². The Bertz CT molecular complexity index is 1140. The molecule has 0 unspecified atom stereocenters. The molecule has 2 aromatic heterocycles. The number of aromatic carboxylic acids is 1. The SMILES string of the molecule is C.CNOC.CON(C)C(=O)c1noc2ccccc12.Cl.O=C(O)c1noc2ccccc12. The van der Waals surface area contributed by atoms with Gasteiger partial charge in [0.1, 0.15) is 0 Å². The van der Waals surface area contributed by atoms with E-state index in [9.17, 15) is 9.59 Å². The lowest BCUT2D eigenvalue weighted by atomic mass is 10.2. The molecule has 4 aromatic rings. The Labute approximate surface area is 196 Å². The first-order chi connectivity index (χ1) is 14.9. The third-order valence-electron chi connectivity index (χ3n) is 3.92. The summed E-state index contributed by atoms with van der Waals surface area (Å²) in [6, 6.07) is 14.0. The molecule has 0 saturated heterocycles. The molecule has 180 valence electrons. The average Bonchev–Trinajstić information content (AvgIpc) is 3.43. The molecule has 2 N–H and O–H groups in total. The molecule has 0 saturated carbocycles. The van der Waals surface area contributed by atoms with Crippen LogP contribution >= 0.6 is 12.4 Å². The Balaban J connectivity index is 0.000000516. The van der Waals surface area contributed by atoms with Crippen molar-refractivity contribution < 1.29 is 33.4 Å². The van der Waals surface area contributed by atoms with Gasteiger partial charge in [0.25, 0.3) is 5.91 Å². The number of carboxylic acids is 1. The smallest absolute Gasteiger partial charge is 0.358 e. The minimum absolute atomic E-state index is 0. The summed E-state index contributed by atoms with van der Waals surface area (Å²) >= 11 is 0. The molecule has 0 atom stereocenters. The van der Waals surface area contributed by atoms with Gasteiger partial charge in [-0.3, -0.25) is 9.63 Å². The molecule has 4 rings (SSSR count). The van der Waals surface area contributed by atoms with Gasteiger partial charge in [-0.2, -0.15) is 0 Å². The zero-order chi connectivity index (χ0) is 22.8. The Morgan fingerprint density at radius 2 is 1.36 bits per heavy atom. The number of nitrogens with zero attached hydrogens (tertiary/aromatic N) is 3. The molecule has 2 heterocycles. The van der Waals surface area contributed by atoms with Crippen molar-refractivity contribution in [1.82, 2.24) is 20.9 Å². The summed E-state index contributed by atoms with van der Waals surface area (Å²) in [5.41, 5.74) is 3.74. The first-order valence-corrected chi connectivity index (χ1v) is 8.88. The van der Waals surface area contributed by atoms with Gasteiger partial charge in [0, 0.05) is 14.1 Å². The number of hydroxylamine groups is 3. The Kier molecular flexibility index (Phi) is 13.0. The number of amides is 1. The number of carbonyl (C=O) groups excluding carboxylic acids is 1. The fourth-order valence-corrected chi connectivity index (χ4v) is 2.31. The van der Waals surface area contributed by atoms with Gasteiger partial charge in [-0.1, -0.05) is 42.0 Å². The van der Waals surface area contributed by atoms with Gasteiger partial charge in [-0.05, 0) is 24.3 Å². The Morgan fingerprint density at radius 1 is 0.939 bits per heavy atom. The summed E-state index contributed by atoms with van der Waals surface area (Å²) in [7, 11) is 6.21. The van der Waals surface area contributed by atoms with Crippen molar-refractivity contribution in [2.75, 3.05) is 28.3 Å². The van der Waals surface area contributed by atoms with Crippen molar-refractivity contribution in [2.24, 2.45) is 0 Å². The highest BCUT2D eigenvalue weighted by molar-refractivity contribution is 6.03. The van der Waals surface area contributed by atoms with E-state index in [0.717, 1.165) is 5.06 Å². The van der Waals surface area contributed by atoms with E-state index in [0.29, 0.717) is 21.9 Å². The predicted octanol–water partition coefficient (Wildman–Crippen LogP) is 3.81. The molecule has 12 heteroatoms. The topological polar surface area (TPSA) is 140 Å². The second kappa shape index (κ2) is 14.5. The van der Waals surface area contributed by atoms with E-state index < -0.39 is 5.97 Å². The van der Waals surface area contributed by atoms with Crippen LogP contribution in [-0.2, 0) is 9.68 Å². The zero-order valence-corrected chi connectivity index (χ0v) is 18.6. The van der Waals surface area contributed by atoms with Crippen LogP contribution < -0.4 is 5.48 Å². The zero-order valence-electron chi connectivity index (χ0n) is 17.8. The number of hydrogen-bond donors (Lipinski definition) is 2. The van der Waals surface area contributed by atoms with Gasteiger partial charge in [-0.15, -0.1) is 12.4 Å². The van der Waals surface area contributed by atoms with Crippen LogP contribution in [0.3, 0.4) is 0 Å². The molecular weight excluding hydrogens is 456 g/mol. The normalized spacial score (nSPS) is 9.45. The van der Waals surface area contributed by atoms with Crippen LogP contribution in [0.2, 0.25) is 0 Å². The molecule has 0 bridgehead atoms. The van der Waals surface area contributed by atoms with Crippen LogP contribution in [0.15, 0.2) is 57.6 Å². The van der Waals surface area contributed by atoms with Crippen molar-refractivity contribution >= 4 is 46.2 Å². The number of nitrogens with one attached hydrogen (secondary N) is 1. The number of aromatic nitrogens is 2. The number of para-hydroxylation sites is 2. The number of hydrogen-bond acceptors (Lipinski definition) is 9. The molecule has 0 aliphatic rings. The fraction of sp³-hybridized carbons (Fsp3) is 0.238. The van der Waals surface area contributed by atoms with Crippen molar-refractivity contribution in [3.63, 3.8) is 0 Å². The minimum atomic E-state index is -1.07. The van der Waals surface area contributed by atoms with Crippen LogP contribution in [0.4, 0.5) is 0 Å². The summed E-state index contributed by atoms with van der Waals surface area (Å²) in [6.07, 6.45) is 0. The highest BCUT2D eigenvalue weighted by Gasteiger charge is 2.19. The lowest BCUT2D eigenvalue weighted by Gasteiger charge is -2.10. The monoisotopic (exact) mass is 482 g/mol. The van der Waals surface area contributed by atoms with E-state index in [1.54, 1.807) is 50.6 Å². The molecule has 0 fully saturated rings. The number of halogens is 1. The van der Waals surface area contributed by atoms with Crippen LogP contribution in [0.25, 0.3) is 21.9 Å². The third-order valence-corrected chi connectivity index (χ3v) is 3.92. The second-order valence-electron chi connectivity index (χ2n) is 5.75. The first kappa shape index (κ1) is 29.5. The van der Waals surface area contributed by atoms with Gasteiger partial charge in [-0.25, -0.2) is 15.3 Å². The fourth-order valence-electron chi connectivity index (χ4n) is 2.31. The summed E-state index contributed by atoms with van der Waals surface area (Å²) in [4.78, 5) is 31.4. The molecule has 33 heavy (non-hydrogen) atoms.